The van der Waals surface area contributed by atoms with E-state index in [0.717, 1.165) is 29.8 Å². The summed E-state index contributed by atoms with van der Waals surface area (Å²) >= 11 is 1.36. The van der Waals surface area contributed by atoms with Gasteiger partial charge < -0.3 is 19.4 Å². The third-order valence-corrected chi connectivity index (χ3v) is 9.22. The highest BCUT2D eigenvalue weighted by molar-refractivity contribution is 7.19. The molecule has 5 atom stereocenters. The standard InChI is InChI=1S/C28H33FN8O3S/c1-35-15-18-12-19(35)13-22(18)40-28(39)33-24-8-10-30-25(32-24)37-11-9-20(29)21(16-37)36(2)27(38)34-26-31-14-23(41-26)17-6-4-3-5-7-17/h3-8,10,14,18-22H,9,11-13,15-16H2,1-2H3,(H,31,34,38)(H,30,32,33,39)/t18-,19-,20+,21-,22+/m0/s1. The Labute approximate surface area is 241 Å². The second-order valence-electron chi connectivity index (χ2n) is 10.9. The van der Waals surface area contributed by atoms with Gasteiger partial charge in [0.05, 0.1) is 10.9 Å². The number of alkyl halides is 1. The number of thiazole rings is 1. The van der Waals surface area contributed by atoms with E-state index in [9.17, 15) is 9.59 Å². The second kappa shape index (κ2) is 11.6. The molecule has 41 heavy (non-hydrogen) atoms. The fraction of sp³-hybridized carbons (Fsp3) is 0.464. The molecular formula is C28H33FN8O3S. The van der Waals surface area contributed by atoms with Gasteiger partial charge in [-0.1, -0.05) is 41.7 Å². The van der Waals surface area contributed by atoms with Crippen LogP contribution in [0.2, 0.25) is 0 Å². The van der Waals surface area contributed by atoms with Crippen molar-refractivity contribution in [2.24, 2.45) is 5.92 Å². The topological polar surface area (TPSA) is 116 Å². The quantitative estimate of drug-likeness (QED) is 0.443. The van der Waals surface area contributed by atoms with Crippen LogP contribution in [-0.4, -0.2) is 95.0 Å². The van der Waals surface area contributed by atoms with Crippen molar-refractivity contribution in [3.8, 4) is 10.4 Å². The summed E-state index contributed by atoms with van der Waals surface area (Å²) in [4.78, 5) is 45.2. The van der Waals surface area contributed by atoms with Crippen LogP contribution < -0.4 is 15.5 Å². The van der Waals surface area contributed by atoms with Crippen LogP contribution in [0.5, 0.6) is 0 Å². The smallest absolute Gasteiger partial charge is 0.413 e. The molecule has 0 unspecified atom stereocenters. The summed E-state index contributed by atoms with van der Waals surface area (Å²) in [5.41, 5.74) is 1.01. The number of halogens is 1. The first-order valence-corrected chi connectivity index (χ1v) is 14.6. The number of hydrogen-bond acceptors (Lipinski definition) is 9. The SMILES string of the molecule is CN1C[C@@H]2C[C@H]1C[C@H]2OC(=O)Nc1ccnc(N2CC[C@@H](F)[C@@H](N(C)C(=O)Nc3ncc(-c4ccccc4)s3)C2)n1. The van der Waals surface area contributed by atoms with E-state index in [1.807, 2.05) is 35.2 Å². The number of fused-ring (bicyclic) bond motifs is 2. The number of likely N-dealkylation sites (N-methyl/N-ethyl adjacent to an activating group) is 1. The van der Waals surface area contributed by atoms with E-state index in [-0.39, 0.29) is 19.1 Å². The van der Waals surface area contributed by atoms with Gasteiger partial charge in [-0.25, -0.2) is 23.9 Å². The van der Waals surface area contributed by atoms with E-state index in [2.05, 4.69) is 37.5 Å². The molecule has 0 radical (unpaired) electrons. The summed E-state index contributed by atoms with van der Waals surface area (Å²) in [5.74, 6) is 1.03. The number of likely N-dealkylation sites (tertiary alicyclic amines) is 1. The minimum atomic E-state index is -1.21. The minimum Gasteiger partial charge on any atom is -0.446 e. The summed E-state index contributed by atoms with van der Waals surface area (Å²) < 4.78 is 20.8. The molecule has 3 aliphatic rings. The van der Waals surface area contributed by atoms with Crippen LogP contribution in [0.25, 0.3) is 10.4 Å². The van der Waals surface area contributed by atoms with Crippen molar-refractivity contribution in [3.05, 3.63) is 48.8 Å². The van der Waals surface area contributed by atoms with Gasteiger partial charge in [0, 0.05) is 57.5 Å². The number of ether oxygens (including phenoxy) is 1. The maximum atomic E-state index is 15.1. The number of benzene rings is 1. The highest BCUT2D eigenvalue weighted by atomic mass is 32.1. The third-order valence-electron chi connectivity index (χ3n) is 8.26. The fourth-order valence-corrected chi connectivity index (χ4v) is 6.77. The van der Waals surface area contributed by atoms with Gasteiger partial charge in [-0.3, -0.25) is 10.6 Å². The lowest BCUT2D eigenvalue weighted by Crippen LogP contribution is -2.55. The van der Waals surface area contributed by atoms with E-state index in [1.54, 1.807) is 25.5 Å². The monoisotopic (exact) mass is 580 g/mol. The zero-order valence-electron chi connectivity index (χ0n) is 22.9. The van der Waals surface area contributed by atoms with Crippen LogP contribution in [0.1, 0.15) is 19.3 Å². The van der Waals surface area contributed by atoms with Crippen molar-refractivity contribution >= 4 is 40.4 Å². The third kappa shape index (κ3) is 5.96. The zero-order chi connectivity index (χ0) is 28.5. The molecule has 2 aromatic heterocycles. The number of urea groups is 1. The van der Waals surface area contributed by atoms with Crippen LogP contribution in [0, 0.1) is 5.92 Å². The first kappa shape index (κ1) is 27.3. The molecule has 0 spiro atoms. The Kier molecular flexibility index (Phi) is 7.71. The van der Waals surface area contributed by atoms with Gasteiger partial charge >= 0.3 is 12.1 Å². The van der Waals surface area contributed by atoms with Gasteiger partial charge in [0.15, 0.2) is 5.13 Å². The molecule has 3 fully saturated rings. The molecule has 6 rings (SSSR count). The van der Waals surface area contributed by atoms with Crippen molar-refractivity contribution < 1.29 is 18.7 Å². The van der Waals surface area contributed by atoms with Crippen LogP contribution in [0.4, 0.5) is 30.9 Å². The van der Waals surface area contributed by atoms with Gasteiger partial charge in [0.25, 0.3) is 0 Å². The number of carbonyl (C=O) groups is 2. The summed E-state index contributed by atoms with van der Waals surface area (Å²) in [5, 5.41) is 5.94. The molecule has 2 bridgehead atoms. The number of anilines is 3. The number of carbonyl (C=O) groups excluding carboxylic acids is 2. The van der Waals surface area contributed by atoms with Gasteiger partial charge in [-0.05, 0) is 31.5 Å². The number of piperidine rings is 2. The lowest BCUT2D eigenvalue weighted by molar-refractivity contribution is 0.0585. The lowest BCUT2D eigenvalue weighted by atomic mass is 10.0. The Hall–Kier alpha value is -3.84. The van der Waals surface area contributed by atoms with Crippen molar-refractivity contribution in [2.75, 3.05) is 49.3 Å². The molecule has 3 aromatic rings. The molecule has 2 aliphatic heterocycles. The number of rotatable bonds is 6. The van der Waals surface area contributed by atoms with Crippen LogP contribution >= 0.6 is 11.3 Å². The molecule has 11 nitrogen and oxygen atoms in total. The number of nitrogens with one attached hydrogen (secondary N) is 2. The lowest BCUT2D eigenvalue weighted by Gasteiger charge is -2.39. The Morgan fingerprint density at radius 1 is 1.12 bits per heavy atom. The average Bonchev–Trinajstić information content (AvgIpc) is 3.69. The molecule has 1 saturated carbocycles. The highest BCUT2D eigenvalue weighted by Crippen LogP contribution is 2.38. The number of hydrogen-bond donors (Lipinski definition) is 2. The van der Waals surface area contributed by atoms with Gasteiger partial charge in [0.2, 0.25) is 5.95 Å². The molecule has 4 heterocycles. The van der Waals surface area contributed by atoms with Crippen molar-refractivity contribution in [2.45, 2.75) is 43.6 Å². The van der Waals surface area contributed by atoms with Crippen LogP contribution in [0.3, 0.4) is 0 Å². The Morgan fingerprint density at radius 2 is 1.95 bits per heavy atom. The molecule has 1 aromatic carbocycles. The highest BCUT2D eigenvalue weighted by Gasteiger charge is 2.45. The molecule has 2 saturated heterocycles. The van der Waals surface area contributed by atoms with Crippen molar-refractivity contribution in [1.82, 2.24) is 24.8 Å². The van der Waals surface area contributed by atoms with Crippen LogP contribution in [0.15, 0.2) is 48.8 Å². The van der Waals surface area contributed by atoms with Crippen molar-refractivity contribution in [1.29, 1.82) is 0 Å². The Morgan fingerprint density at radius 3 is 2.71 bits per heavy atom. The summed E-state index contributed by atoms with van der Waals surface area (Å²) in [6, 6.07) is 10.7. The molecule has 1 aliphatic carbocycles. The molecule has 216 valence electrons. The van der Waals surface area contributed by atoms with E-state index >= 15 is 4.39 Å². The van der Waals surface area contributed by atoms with Gasteiger partial charge in [-0.2, -0.15) is 4.98 Å². The minimum absolute atomic E-state index is 0.0853. The normalized spacial score (nSPS) is 25.6. The maximum Gasteiger partial charge on any atom is 0.413 e. The molecule has 3 amide bonds. The number of aromatic nitrogens is 3. The largest absolute Gasteiger partial charge is 0.446 e. The predicted octanol–water partition coefficient (Wildman–Crippen LogP) is 4.32. The van der Waals surface area contributed by atoms with Gasteiger partial charge in [-0.15, -0.1) is 0 Å². The van der Waals surface area contributed by atoms with E-state index in [0.29, 0.717) is 35.4 Å². The average molecular weight is 581 g/mol. The maximum absolute atomic E-state index is 15.1. The molecule has 2 N–H and O–H groups in total. The fourth-order valence-electron chi connectivity index (χ4n) is 5.96. The van der Waals surface area contributed by atoms with E-state index < -0.39 is 24.3 Å². The van der Waals surface area contributed by atoms with Crippen LogP contribution in [-0.2, 0) is 4.74 Å². The zero-order valence-corrected chi connectivity index (χ0v) is 23.8. The summed E-state index contributed by atoms with van der Waals surface area (Å²) in [6.45, 7) is 1.52. The van der Waals surface area contributed by atoms with Crippen molar-refractivity contribution in [3.63, 3.8) is 0 Å². The predicted molar refractivity (Wildman–Crippen MR) is 155 cm³/mol. The second-order valence-corrected chi connectivity index (χ2v) is 11.9. The summed E-state index contributed by atoms with van der Waals surface area (Å²) in [6.07, 6.45) is 3.53. The first-order valence-electron chi connectivity index (χ1n) is 13.8. The first-order chi connectivity index (χ1) is 19.8. The van der Waals surface area contributed by atoms with Gasteiger partial charge in [0.1, 0.15) is 18.1 Å². The molecule has 13 heteroatoms. The van der Waals surface area contributed by atoms with E-state index in [1.165, 1.54) is 16.2 Å². The van der Waals surface area contributed by atoms with E-state index in [4.69, 9.17) is 4.74 Å². The number of amides is 3. The number of nitrogens with zero attached hydrogens (tertiary/aromatic N) is 6. The molecular weight excluding hydrogens is 547 g/mol. The Bertz CT molecular complexity index is 1390. The summed E-state index contributed by atoms with van der Waals surface area (Å²) in [7, 11) is 3.68. The Balaban J connectivity index is 1.05.